The summed E-state index contributed by atoms with van der Waals surface area (Å²) in [4.78, 5) is 11.6. The first-order valence-corrected chi connectivity index (χ1v) is 4.70. The molecule has 0 saturated carbocycles. The highest BCUT2D eigenvalue weighted by Gasteiger charge is 2.39. The molecule has 1 fully saturated rings. The van der Waals surface area contributed by atoms with Crippen LogP contribution in [0.4, 0.5) is 0 Å². The van der Waals surface area contributed by atoms with Crippen LogP contribution in [-0.4, -0.2) is 18.0 Å². The van der Waals surface area contributed by atoms with E-state index in [1.54, 1.807) is 6.19 Å². The molecule has 1 atom stereocenters. The van der Waals surface area contributed by atoms with Gasteiger partial charge in [-0.05, 0) is 25.8 Å². The number of hydrogen-bond donors (Lipinski definition) is 2. The van der Waals surface area contributed by atoms with Crippen molar-refractivity contribution in [2.45, 2.75) is 38.1 Å². The van der Waals surface area contributed by atoms with E-state index < -0.39 is 5.54 Å². The van der Waals surface area contributed by atoms with E-state index in [1.807, 2.05) is 6.92 Å². The number of carbonyl (C=O) groups excluding carboxylic acids is 1. The SMILES string of the molecule is CCCC1(C(=O)NC#N)CCCN1. The summed E-state index contributed by atoms with van der Waals surface area (Å²) in [5, 5.41) is 13.8. The minimum atomic E-state index is -0.468. The summed E-state index contributed by atoms with van der Waals surface area (Å²) in [5.41, 5.74) is -0.468. The highest BCUT2D eigenvalue weighted by molar-refractivity contribution is 5.87. The lowest BCUT2D eigenvalue weighted by Gasteiger charge is -2.25. The zero-order valence-corrected chi connectivity index (χ0v) is 7.89. The van der Waals surface area contributed by atoms with Gasteiger partial charge in [0.2, 0.25) is 0 Å². The van der Waals surface area contributed by atoms with E-state index in [1.165, 1.54) is 0 Å². The van der Waals surface area contributed by atoms with Gasteiger partial charge in [0.25, 0.3) is 5.91 Å². The highest BCUT2D eigenvalue weighted by atomic mass is 16.2. The topological polar surface area (TPSA) is 64.9 Å². The normalized spacial score (nSPS) is 26.8. The quantitative estimate of drug-likeness (QED) is 0.492. The molecule has 0 aromatic heterocycles. The maximum atomic E-state index is 11.6. The molecule has 13 heavy (non-hydrogen) atoms. The standard InChI is InChI=1S/C9H15N3O/c1-2-4-9(5-3-6-12-9)8(13)11-7-10/h12H,2-6H2,1H3,(H,11,13). The fraction of sp³-hybridized carbons (Fsp3) is 0.778. The Morgan fingerprint density at radius 2 is 2.54 bits per heavy atom. The van der Waals surface area contributed by atoms with Crippen molar-refractivity contribution in [1.82, 2.24) is 10.6 Å². The van der Waals surface area contributed by atoms with Gasteiger partial charge in [0, 0.05) is 0 Å². The second-order valence-corrected chi connectivity index (χ2v) is 3.43. The van der Waals surface area contributed by atoms with E-state index >= 15 is 0 Å². The predicted molar refractivity (Wildman–Crippen MR) is 48.6 cm³/mol. The van der Waals surface area contributed by atoms with Crippen LogP contribution >= 0.6 is 0 Å². The number of hydrogen-bond acceptors (Lipinski definition) is 3. The molecule has 0 aromatic carbocycles. The zero-order valence-electron chi connectivity index (χ0n) is 7.89. The van der Waals surface area contributed by atoms with Crippen LogP contribution in [-0.2, 0) is 4.79 Å². The van der Waals surface area contributed by atoms with Gasteiger partial charge in [-0.1, -0.05) is 13.3 Å². The number of nitrogens with one attached hydrogen (secondary N) is 2. The van der Waals surface area contributed by atoms with Crippen molar-refractivity contribution < 1.29 is 4.79 Å². The molecule has 1 aliphatic heterocycles. The van der Waals surface area contributed by atoms with Crippen LogP contribution in [0.25, 0.3) is 0 Å². The molecular weight excluding hydrogens is 166 g/mol. The highest BCUT2D eigenvalue weighted by Crippen LogP contribution is 2.24. The molecule has 1 amide bonds. The molecule has 4 nitrogen and oxygen atoms in total. The third-order valence-corrected chi connectivity index (χ3v) is 2.52. The zero-order chi connectivity index (χ0) is 9.73. The van der Waals surface area contributed by atoms with Gasteiger partial charge in [-0.25, -0.2) is 0 Å². The largest absolute Gasteiger partial charge is 0.303 e. The minimum Gasteiger partial charge on any atom is -0.303 e. The fourth-order valence-corrected chi connectivity index (χ4v) is 1.92. The molecule has 1 aliphatic rings. The Morgan fingerprint density at radius 3 is 3.00 bits per heavy atom. The number of nitrogens with zero attached hydrogens (tertiary/aromatic N) is 1. The van der Waals surface area contributed by atoms with Crippen molar-refractivity contribution in [3.05, 3.63) is 0 Å². The van der Waals surface area contributed by atoms with Crippen molar-refractivity contribution in [2.24, 2.45) is 0 Å². The van der Waals surface area contributed by atoms with Crippen LogP contribution in [0.2, 0.25) is 0 Å². The Hall–Kier alpha value is -1.08. The summed E-state index contributed by atoms with van der Waals surface area (Å²) in [6.07, 6.45) is 5.30. The maximum Gasteiger partial charge on any atom is 0.253 e. The van der Waals surface area contributed by atoms with Crippen LogP contribution < -0.4 is 10.6 Å². The smallest absolute Gasteiger partial charge is 0.253 e. The summed E-state index contributed by atoms with van der Waals surface area (Å²) in [7, 11) is 0. The van der Waals surface area contributed by atoms with E-state index in [2.05, 4.69) is 10.6 Å². The van der Waals surface area contributed by atoms with E-state index in [4.69, 9.17) is 5.26 Å². The molecule has 2 N–H and O–H groups in total. The number of nitriles is 1. The van der Waals surface area contributed by atoms with E-state index in [-0.39, 0.29) is 5.91 Å². The van der Waals surface area contributed by atoms with Gasteiger partial charge in [0.15, 0.2) is 6.19 Å². The van der Waals surface area contributed by atoms with Gasteiger partial charge in [-0.2, -0.15) is 5.26 Å². The van der Waals surface area contributed by atoms with Crippen molar-refractivity contribution in [3.63, 3.8) is 0 Å². The molecule has 0 radical (unpaired) electrons. The monoisotopic (exact) mass is 181 g/mol. The molecule has 4 heteroatoms. The maximum absolute atomic E-state index is 11.6. The Morgan fingerprint density at radius 1 is 1.77 bits per heavy atom. The first-order valence-electron chi connectivity index (χ1n) is 4.70. The second-order valence-electron chi connectivity index (χ2n) is 3.43. The third-order valence-electron chi connectivity index (χ3n) is 2.52. The molecule has 0 bridgehead atoms. The Labute approximate surface area is 78.3 Å². The van der Waals surface area contributed by atoms with Gasteiger partial charge >= 0.3 is 0 Å². The fourth-order valence-electron chi connectivity index (χ4n) is 1.92. The molecule has 1 heterocycles. The van der Waals surface area contributed by atoms with Gasteiger partial charge in [0.1, 0.15) is 0 Å². The van der Waals surface area contributed by atoms with E-state index in [9.17, 15) is 4.79 Å². The van der Waals surface area contributed by atoms with Gasteiger partial charge in [-0.3, -0.25) is 10.1 Å². The average Bonchev–Trinajstić information content (AvgIpc) is 2.55. The van der Waals surface area contributed by atoms with E-state index in [0.717, 1.165) is 32.2 Å². The van der Waals surface area contributed by atoms with E-state index in [0.29, 0.717) is 0 Å². The lowest BCUT2D eigenvalue weighted by molar-refractivity contribution is -0.126. The van der Waals surface area contributed by atoms with Crippen molar-refractivity contribution in [1.29, 1.82) is 5.26 Å². The van der Waals surface area contributed by atoms with Gasteiger partial charge in [-0.15, -0.1) is 0 Å². The molecule has 0 aliphatic carbocycles. The lowest BCUT2D eigenvalue weighted by atomic mass is 9.91. The van der Waals surface area contributed by atoms with Crippen LogP contribution in [0.15, 0.2) is 0 Å². The summed E-state index contributed by atoms with van der Waals surface area (Å²) in [6.45, 7) is 2.92. The molecule has 1 saturated heterocycles. The van der Waals surface area contributed by atoms with Gasteiger partial charge < -0.3 is 5.32 Å². The molecule has 72 valence electrons. The van der Waals surface area contributed by atoms with Gasteiger partial charge in [0.05, 0.1) is 5.54 Å². The first kappa shape index (κ1) is 10.0. The first-order chi connectivity index (χ1) is 6.25. The Balaban J connectivity index is 2.66. The number of rotatable bonds is 3. The summed E-state index contributed by atoms with van der Waals surface area (Å²) >= 11 is 0. The predicted octanol–water partition coefficient (Wildman–Crippen LogP) is 0.506. The van der Waals surface area contributed by atoms with Crippen molar-refractivity contribution in [2.75, 3.05) is 6.54 Å². The van der Waals surface area contributed by atoms with Crippen LogP contribution in [0.1, 0.15) is 32.6 Å². The average molecular weight is 181 g/mol. The molecular formula is C9H15N3O. The third kappa shape index (κ3) is 1.99. The second kappa shape index (κ2) is 4.24. The Kier molecular flexibility index (Phi) is 3.26. The minimum absolute atomic E-state index is 0.172. The summed E-state index contributed by atoms with van der Waals surface area (Å²) in [5.74, 6) is -0.172. The van der Waals surface area contributed by atoms with Crippen molar-refractivity contribution >= 4 is 5.91 Å². The lowest BCUT2D eigenvalue weighted by Crippen LogP contribution is -2.52. The Bertz CT molecular complexity index is 226. The number of carbonyl (C=O) groups is 1. The summed E-state index contributed by atoms with van der Waals surface area (Å²) < 4.78 is 0. The van der Waals surface area contributed by atoms with Crippen molar-refractivity contribution in [3.8, 4) is 6.19 Å². The van der Waals surface area contributed by atoms with Crippen LogP contribution in [0.3, 0.4) is 0 Å². The van der Waals surface area contributed by atoms with Crippen LogP contribution in [0.5, 0.6) is 0 Å². The molecule has 1 unspecified atom stereocenters. The number of amides is 1. The molecule has 1 rings (SSSR count). The van der Waals surface area contributed by atoms with Crippen LogP contribution in [0, 0.1) is 11.5 Å². The summed E-state index contributed by atoms with van der Waals surface area (Å²) in [6, 6.07) is 0. The molecule has 0 spiro atoms. The molecule has 0 aromatic rings.